The first-order valence-corrected chi connectivity index (χ1v) is 13.4. The van der Waals surface area contributed by atoms with Gasteiger partial charge in [0.15, 0.2) is 10.8 Å². The van der Waals surface area contributed by atoms with Gasteiger partial charge in [-0.05, 0) is 66.9 Å². The zero-order valence-corrected chi connectivity index (χ0v) is 24.2. The van der Waals surface area contributed by atoms with Crippen LogP contribution in [0.1, 0.15) is 56.5 Å². The Hall–Kier alpha value is -3.30. The Bertz CT molecular complexity index is 1450. The SMILES string of the molecule is CCOC(=O)c1c(Cl)nc(CC)n1Cc1c2ccocc-2c(Br)c1-c1ccccc1NC(=O)OC(C)(C)C. The number of halogens is 2. The molecule has 0 unspecified atom stereocenters. The van der Waals surface area contributed by atoms with Crippen molar-refractivity contribution in [2.45, 2.75) is 53.2 Å². The Balaban J connectivity index is 1.90. The number of carbonyl (C=O) groups is 2. The summed E-state index contributed by atoms with van der Waals surface area (Å²) in [6.07, 6.45) is 3.25. The van der Waals surface area contributed by atoms with E-state index in [-0.39, 0.29) is 24.0 Å². The summed E-state index contributed by atoms with van der Waals surface area (Å²) in [4.78, 5) is 30.0. The number of hydrogen-bond donors (Lipinski definition) is 1. The molecule has 0 atom stereocenters. The lowest BCUT2D eigenvalue weighted by molar-refractivity contribution is 0.0513. The number of carbonyl (C=O) groups excluding carboxylic acids is 2. The fourth-order valence-electron chi connectivity index (χ4n) is 4.33. The van der Waals surface area contributed by atoms with Gasteiger partial charge in [-0.25, -0.2) is 14.6 Å². The number of rotatable bonds is 7. The van der Waals surface area contributed by atoms with Crippen molar-refractivity contribution < 1.29 is 23.5 Å². The van der Waals surface area contributed by atoms with Gasteiger partial charge in [0, 0.05) is 27.6 Å². The zero-order valence-electron chi connectivity index (χ0n) is 21.9. The smallest absolute Gasteiger partial charge is 0.412 e. The van der Waals surface area contributed by atoms with E-state index in [4.69, 9.17) is 25.5 Å². The molecule has 10 heteroatoms. The molecule has 200 valence electrons. The fraction of sp³-hybridized carbons (Fsp3) is 0.321. The van der Waals surface area contributed by atoms with Gasteiger partial charge in [0.2, 0.25) is 0 Å². The number of amides is 1. The highest BCUT2D eigenvalue weighted by atomic mass is 79.9. The molecule has 2 heterocycles. The molecular formula is C28H29BrClN3O5. The lowest BCUT2D eigenvalue weighted by atomic mass is 10.0. The molecule has 1 aromatic heterocycles. The first-order valence-electron chi connectivity index (χ1n) is 12.2. The first-order chi connectivity index (χ1) is 18.1. The lowest BCUT2D eigenvalue weighted by Crippen LogP contribution is -2.27. The summed E-state index contributed by atoms with van der Waals surface area (Å²) >= 11 is 10.2. The van der Waals surface area contributed by atoms with Gasteiger partial charge in [-0.3, -0.25) is 5.32 Å². The van der Waals surface area contributed by atoms with Crippen molar-refractivity contribution in [2.75, 3.05) is 11.9 Å². The van der Waals surface area contributed by atoms with Crippen molar-refractivity contribution in [1.29, 1.82) is 0 Å². The molecule has 0 fully saturated rings. The summed E-state index contributed by atoms with van der Waals surface area (Å²) in [5.74, 6) is 0.110. The van der Waals surface area contributed by atoms with E-state index in [0.717, 1.165) is 32.3 Å². The molecular weight excluding hydrogens is 574 g/mol. The molecule has 0 saturated carbocycles. The number of para-hydroxylation sites is 1. The van der Waals surface area contributed by atoms with Crippen molar-refractivity contribution >= 4 is 45.3 Å². The highest BCUT2D eigenvalue weighted by molar-refractivity contribution is 9.10. The Kier molecular flexibility index (Phi) is 8.18. The third kappa shape index (κ3) is 5.59. The van der Waals surface area contributed by atoms with Gasteiger partial charge < -0.3 is 18.5 Å². The second-order valence-corrected chi connectivity index (χ2v) is 10.7. The van der Waals surface area contributed by atoms with Crippen LogP contribution in [-0.4, -0.2) is 33.8 Å². The molecule has 2 aromatic rings. The van der Waals surface area contributed by atoms with E-state index in [2.05, 4.69) is 26.2 Å². The molecule has 1 aromatic carbocycles. The highest BCUT2D eigenvalue weighted by Crippen LogP contribution is 2.48. The maximum absolute atomic E-state index is 12.9. The molecule has 1 aliphatic carbocycles. The Morgan fingerprint density at radius 3 is 2.55 bits per heavy atom. The summed E-state index contributed by atoms with van der Waals surface area (Å²) in [6.45, 7) is 9.60. The average Bonchev–Trinajstić information content (AvgIpc) is 3.32. The van der Waals surface area contributed by atoms with Crippen molar-refractivity contribution in [3.05, 3.63) is 69.6 Å². The number of aromatic nitrogens is 2. The summed E-state index contributed by atoms with van der Waals surface area (Å²) in [7, 11) is 0. The Morgan fingerprint density at radius 1 is 1.13 bits per heavy atom. The molecule has 2 aliphatic rings. The summed E-state index contributed by atoms with van der Waals surface area (Å²) in [5.41, 5.74) is 4.34. The maximum atomic E-state index is 12.9. The van der Waals surface area contributed by atoms with Crippen LogP contribution in [0.2, 0.25) is 5.15 Å². The predicted octanol–water partition coefficient (Wildman–Crippen LogP) is 7.80. The van der Waals surface area contributed by atoms with Crippen LogP contribution in [0.15, 0.2) is 51.7 Å². The van der Waals surface area contributed by atoms with E-state index in [9.17, 15) is 9.59 Å². The van der Waals surface area contributed by atoms with E-state index < -0.39 is 17.7 Å². The number of nitrogens with zero attached hydrogens (tertiary/aromatic N) is 2. The minimum Gasteiger partial charge on any atom is -0.472 e. The Labute approximate surface area is 234 Å². The van der Waals surface area contributed by atoms with Gasteiger partial charge in [-0.15, -0.1) is 0 Å². The third-order valence-corrected chi connectivity index (χ3v) is 6.90. The number of aryl methyl sites for hydroxylation is 1. The van der Waals surface area contributed by atoms with Gasteiger partial charge in [0.05, 0.1) is 31.4 Å². The monoisotopic (exact) mass is 601 g/mol. The number of anilines is 1. The number of imidazole rings is 1. The number of ether oxygens (including phenoxy) is 2. The molecule has 0 radical (unpaired) electrons. The van der Waals surface area contributed by atoms with Crippen LogP contribution < -0.4 is 5.32 Å². The molecule has 1 aliphatic heterocycles. The first kappa shape index (κ1) is 27.7. The van der Waals surface area contributed by atoms with Gasteiger partial charge >= 0.3 is 12.1 Å². The van der Waals surface area contributed by atoms with E-state index in [1.54, 1.807) is 24.0 Å². The second-order valence-electron chi connectivity index (χ2n) is 9.55. The number of benzene rings is 1. The second kappa shape index (κ2) is 11.2. The van der Waals surface area contributed by atoms with Crippen molar-refractivity contribution in [3.63, 3.8) is 0 Å². The summed E-state index contributed by atoms with van der Waals surface area (Å²) in [5, 5.41) is 2.98. The van der Waals surface area contributed by atoms with Gasteiger partial charge in [-0.2, -0.15) is 0 Å². The van der Waals surface area contributed by atoms with Crippen molar-refractivity contribution in [2.24, 2.45) is 0 Å². The molecule has 1 N–H and O–H groups in total. The summed E-state index contributed by atoms with van der Waals surface area (Å²) < 4.78 is 18.8. The normalized spacial score (nSPS) is 11.6. The summed E-state index contributed by atoms with van der Waals surface area (Å²) in [6, 6.07) is 9.33. The number of hydrogen-bond acceptors (Lipinski definition) is 6. The van der Waals surface area contributed by atoms with E-state index in [0.29, 0.717) is 17.9 Å². The van der Waals surface area contributed by atoms with Crippen LogP contribution in [0.3, 0.4) is 0 Å². The predicted molar refractivity (Wildman–Crippen MR) is 150 cm³/mol. The standard InChI is InChI=1S/C28H29BrClN3O5/c1-6-21-32-25(30)24(26(34)37-7-2)33(21)14-18-16-12-13-36-15-19(16)23(29)22(18)17-10-8-9-11-20(17)31-27(35)38-28(3,4)5/h8-13,15H,6-7,14H2,1-5H3,(H,31,35). The number of fused-ring (bicyclic) bond motifs is 1. The minimum absolute atomic E-state index is 0.0961. The van der Waals surface area contributed by atoms with Crippen LogP contribution in [0, 0.1) is 0 Å². The largest absolute Gasteiger partial charge is 0.472 e. The van der Waals surface area contributed by atoms with Gasteiger partial charge in [-0.1, -0.05) is 36.7 Å². The number of esters is 1. The van der Waals surface area contributed by atoms with Crippen LogP contribution in [-0.2, 0) is 22.4 Å². The third-order valence-electron chi connectivity index (χ3n) is 5.81. The zero-order chi connectivity index (χ0) is 27.6. The van der Waals surface area contributed by atoms with E-state index in [1.807, 2.05) is 58.0 Å². The Morgan fingerprint density at radius 2 is 1.87 bits per heavy atom. The highest BCUT2D eigenvalue weighted by Gasteiger charge is 2.29. The molecule has 0 saturated heterocycles. The number of nitrogens with one attached hydrogen (secondary N) is 1. The molecule has 38 heavy (non-hydrogen) atoms. The molecule has 0 spiro atoms. The molecule has 0 bridgehead atoms. The van der Waals surface area contributed by atoms with E-state index in [1.165, 1.54) is 0 Å². The van der Waals surface area contributed by atoms with Crippen LogP contribution in [0.4, 0.5) is 10.5 Å². The lowest BCUT2D eigenvalue weighted by Gasteiger charge is -2.21. The topological polar surface area (TPSA) is 95.6 Å². The van der Waals surface area contributed by atoms with Crippen molar-refractivity contribution in [1.82, 2.24) is 9.55 Å². The average molecular weight is 603 g/mol. The van der Waals surface area contributed by atoms with Crippen LogP contribution >= 0.6 is 27.5 Å². The maximum Gasteiger partial charge on any atom is 0.412 e. The molecule has 4 rings (SSSR count). The van der Waals surface area contributed by atoms with Gasteiger partial charge in [0.1, 0.15) is 11.4 Å². The quantitative estimate of drug-likeness (QED) is 0.217. The van der Waals surface area contributed by atoms with Gasteiger partial charge in [0.25, 0.3) is 0 Å². The van der Waals surface area contributed by atoms with Crippen LogP contribution in [0.5, 0.6) is 0 Å². The van der Waals surface area contributed by atoms with Crippen LogP contribution in [0.25, 0.3) is 22.3 Å². The minimum atomic E-state index is -0.651. The molecule has 1 amide bonds. The van der Waals surface area contributed by atoms with Crippen molar-refractivity contribution in [3.8, 4) is 22.3 Å². The van der Waals surface area contributed by atoms with E-state index >= 15 is 0 Å². The fourth-order valence-corrected chi connectivity index (χ4v) is 5.37. The molecule has 8 nitrogen and oxygen atoms in total.